The molecule has 5 heteroatoms. The first-order valence-corrected chi connectivity index (χ1v) is 10.5. The lowest BCUT2D eigenvalue weighted by Crippen LogP contribution is -2.15. The number of hydrogen-bond acceptors (Lipinski definition) is 5. The Morgan fingerprint density at radius 2 is 1.64 bits per heavy atom. The number of ether oxygens (including phenoxy) is 3. The van der Waals surface area contributed by atoms with Gasteiger partial charge in [0.1, 0.15) is 16.7 Å². The van der Waals surface area contributed by atoms with Crippen molar-refractivity contribution < 1.29 is 18.6 Å². The van der Waals surface area contributed by atoms with Gasteiger partial charge in [-0.25, -0.2) is 4.79 Å². The molecule has 0 aliphatic carbocycles. The van der Waals surface area contributed by atoms with Gasteiger partial charge in [-0.05, 0) is 32.4 Å². The molecule has 0 amide bonds. The quantitative estimate of drug-likeness (QED) is 0.305. The zero-order valence-electron chi connectivity index (χ0n) is 17.7. The van der Waals surface area contributed by atoms with Gasteiger partial charge in [0.25, 0.3) is 0 Å². The zero-order valence-corrected chi connectivity index (χ0v) is 17.7. The van der Waals surface area contributed by atoms with E-state index in [9.17, 15) is 4.79 Å². The number of hydrogen-bond donors (Lipinski definition) is 0. The molecule has 0 unspecified atom stereocenters. The van der Waals surface area contributed by atoms with E-state index in [-0.39, 0.29) is 11.9 Å². The molecule has 2 aromatic rings. The largest absolute Gasteiger partial charge is 0.496 e. The minimum atomic E-state index is -0.527. The topological polar surface area (TPSA) is 57.9 Å². The summed E-state index contributed by atoms with van der Waals surface area (Å²) < 4.78 is 22.7. The maximum Gasteiger partial charge on any atom is 0.383 e. The van der Waals surface area contributed by atoms with E-state index in [4.69, 9.17) is 18.6 Å². The van der Waals surface area contributed by atoms with Crippen LogP contribution in [0.4, 0.5) is 0 Å². The van der Waals surface area contributed by atoms with E-state index in [1.165, 1.54) is 38.5 Å². The average molecular weight is 391 g/mol. The van der Waals surface area contributed by atoms with Crippen LogP contribution in [0.5, 0.6) is 17.2 Å². The van der Waals surface area contributed by atoms with Crippen LogP contribution in [0.1, 0.15) is 72.1 Å². The second-order valence-corrected chi connectivity index (χ2v) is 7.37. The van der Waals surface area contributed by atoms with Crippen molar-refractivity contribution in [1.29, 1.82) is 0 Å². The summed E-state index contributed by atoms with van der Waals surface area (Å²) in [4.78, 5) is 12.4. The summed E-state index contributed by atoms with van der Waals surface area (Å²) in [6, 6.07) is 5.35. The van der Waals surface area contributed by atoms with Crippen molar-refractivity contribution in [2.24, 2.45) is 0 Å². The lowest BCUT2D eigenvalue weighted by atomic mass is 10.1. The Hall–Kier alpha value is -2.17. The third-order valence-electron chi connectivity index (χ3n) is 4.63. The predicted octanol–water partition coefficient (Wildman–Crippen LogP) is 6.11. The van der Waals surface area contributed by atoms with Gasteiger partial charge in [-0.2, -0.15) is 0 Å². The first-order chi connectivity index (χ1) is 13.6. The van der Waals surface area contributed by atoms with Crippen molar-refractivity contribution in [3.05, 3.63) is 28.6 Å². The highest BCUT2D eigenvalue weighted by Crippen LogP contribution is 2.39. The van der Waals surface area contributed by atoms with Crippen molar-refractivity contribution in [2.75, 3.05) is 13.7 Å². The summed E-state index contributed by atoms with van der Waals surface area (Å²) in [5, 5.41) is 0.639. The normalized spacial score (nSPS) is 11.2. The van der Waals surface area contributed by atoms with Gasteiger partial charge in [0.15, 0.2) is 5.75 Å². The van der Waals surface area contributed by atoms with Crippen molar-refractivity contribution in [1.82, 2.24) is 0 Å². The van der Waals surface area contributed by atoms with Crippen LogP contribution >= 0.6 is 0 Å². The minimum Gasteiger partial charge on any atom is -0.496 e. The van der Waals surface area contributed by atoms with Crippen LogP contribution in [0.25, 0.3) is 11.0 Å². The van der Waals surface area contributed by atoms with Gasteiger partial charge in [0, 0.05) is 0 Å². The highest BCUT2D eigenvalue weighted by Gasteiger charge is 2.21. The Bertz CT molecular complexity index is 778. The molecule has 1 heterocycles. The molecule has 0 radical (unpaired) electrons. The Kier molecular flexibility index (Phi) is 9.18. The van der Waals surface area contributed by atoms with E-state index in [2.05, 4.69) is 6.92 Å². The molecular weight excluding hydrogens is 356 g/mol. The predicted molar refractivity (Wildman–Crippen MR) is 113 cm³/mol. The molecule has 0 saturated heterocycles. The van der Waals surface area contributed by atoms with Crippen molar-refractivity contribution in [3.63, 3.8) is 0 Å². The molecule has 0 spiro atoms. The molecule has 0 saturated carbocycles. The van der Waals surface area contributed by atoms with Crippen LogP contribution in [-0.4, -0.2) is 19.8 Å². The first kappa shape index (κ1) is 22.1. The van der Waals surface area contributed by atoms with E-state index in [1.807, 2.05) is 19.9 Å². The summed E-state index contributed by atoms with van der Waals surface area (Å²) in [5.41, 5.74) is -0.0910. The number of methoxy groups -OCH3 is 1. The molecule has 0 aliphatic rings. The minimum absolute atomic E-state index is 0.117. The molecule has 0 atom stereocenters. The number of unbranched alkanes of at least 4 members (excludes halogenated alkanes) is 7. The zero-order chi connectivity index (χ0) is 20.4. The fourth-order valence-electron chi connectivity index (χ4n) is 3.23. The average Bonchev–Trinajstić information content (AvgIpc) is 2.67. The van der Waals surface area contributed by atoms with Gasteiger partial charge >= 0.3 is 5.63 Å². The van der Waals surface area contributed by atoms with E-state index in [1.54, 1.807) is 19.2 Å². The van der Waals surface area contributed by atoms with Gasteiger partial charge < -0.3 is 18.6 Å². The molecule has 1 aromatic carbocycles. The standard InChI is InChI=1S/C23H34O5/c1-5-6-7-8-9-10-11-12-16-26-21-20-18(25-4)14-13-15-19(20)28-23(24)22(21)27-17(2)3/h13-15,17H,5-12,16H2,1-4H3. The van der Waals surface area contributed by atoms with Gasteiger partial charge in [0.2, 0.25) is 5.75 Å². The van der Waals surface area contributed by atoms with Crippen molar-refractivity contribution in [3.8, 4) is 17.2 Å². The summed E-state index contributed by atoms with van der Waals surface area (Å²) >= 11 is 0. The van der Waals surface area contributed by atoms with E-state index in [0.29, 0.717) is 29.1 Å². The van der Waals surface area contributed by atoms with Crippen LogP contribution in [-0.2, 0) is 0 Å². The Balaban J connectivity index is 2.09. The first-order valence-electron chi connectivity index (χ1n) is 10.5. The smallest absolute Gasteiger partial charge is 0.383 e. The molecule has 0 N–H and O–H groups in total. The highest BCUT2D eigenvalue weighted by atomic mass is 16.5. The monoisotopic (exact) mass is 390 g/mol. The van der Waals surface area contributed by atoms with Crippen LogP contribution in [0, 0.1) is 0 Å². The lowest BCUT2D eigenvalue weighted by molar-refractivity contribution is 0.210. The molecule has 0 bridgehead atoms. The molecule has 28 heavy (non-hydrogen) atoms. The number of benzene rings is 1. The van der Waals surface area contributed by atoms with Crippen LogP contribution in [0.15, 0.2) is 27.4 Å². The maximum absolute atomic E-state index is 12.4. The van der Waals surface area contributed by atoms with Crippen molar-refractivity contribution in [2.45, 2.75) is 78.2 Å². The summed E-state index contributed by atoms with van der Waals surface area (Å²) in [6.07, 6.45) is 9.60. The third kappa shape index (κ3) is 6.18. The highest BCUT2D eigenvalue weighted by molar-refractivity contribution is 5.91. The molecule has 1 aromatic heterocycles. The van der Waals surface area contributed by atoms with Crippen LogP contribution < -0.4 is 19.8 Å². The van der Waals surface area contributed by atoms with Gasteiger partial charge in [-0.1, -0.05) is 57.9 Å². The van der Waals surface area contributed by atoms with E-state index in [0.717, 1.165) is 12.8 Å². The summed E-state index contributed by atoms with van der Waals surface area (Å²) in [7, 11) is 1.59. The number of rotatable bonds is 13. The molecule has 5 nitrogen and oxygen atoms in total. The van der Waals surface area contributed by atoms with Gasteiger partial charge in [-0.3, -0.25) is 0 Å². The molecule has 2 rings (SSSR count). The third-order valence-corrected chi connectivity index (χ3v) is 4.63. The summed E-state index contributed by atoms with van der Waals surface area (Å²) in [6.45, 7) is 6.50. The fraction of sp³-hybridized carbons (Fsp3) is 0.609. The second-order valence-electron chi connectivity index (χ2n) is 7.37. The molecule has 0 aliphatic heterocycles. The van der Waals surface area contributed by atoms with E-state index >= 15 is 0 Å². The lowest BCUT2D eigenvalue weighted by Gasteiger charge is -2.16. The fourth-order valence-corrected chi connectivity index (χ4v) is 3.23. The van der Waals surface area contributed by atoms with Crippen molar-refractivity contribution >= 4 is 11.0 Å². The molecular formula is C23H34O5. The Morgan fingerprint density at radius 3 is 2.29 bits per heavy atom. The van der Waals surface area contributed by atoms with Gasteiger partial charge in [-0.15, -0.1) is 0 Å². The summed E-state index contributed by atoms with van der Waals surface area (Å²) in [5.74, 6) is 1.13. The SMILES string of the molecule is CCCCCCCCCCOc1c(OC(C)C)c(=O)oc2cccc(OC)c12. The Morgan fingerprint density at radius 1 is 0.964 bits per heavy atom. The van der Waals surface area contributed by atoms with Crippen LogP contribution in [0.3, 0.4) is 0 Å². The second kappa shape index (κ2) is 11.6. The van der Waals surface area contributed by atoms with Crippen LogP contribution in [0.2, 0.25) is 0 Å². The Labute approximate surface area is 168 Å². The maximum atomic E-state index is 12.4. The number of fused-ring (bicyclic) bond motifs is 1. The molecule has 0 fully saturated rings. The van der Waals surface area contributed by atoms with E-state index < -0.39 is 5.63 Å². The van der Waals surface area contributed by atoms with Gasteiger partial charge in [0.05, 0.1) is 19.8 Å². The molecule has 156 valence electrons.